The molecular weight excluding hydrogens is 251 g/mol. The zero-order valence-electron chi connectivity index (χ0n) is 9.48. The maximum atomic E-state index is 12.8. The van der Waals surface area contributed by atoms with Crippen LogP contribution in [0.4, 0.5) is 13.2 Å². The lowest BCUT2D eigenvalue weighted by molar-refractivity contribution is -0.138. The highest BCUT2D eigenvalue weighted by Crippen LogP contribution is 2.38. The van der Waals surface area contributed by atoms with Gasteiger partial charge >= 0.3 is 6.18 Å². The van der Waals surface area contributed by atoms with E-state index in [0.29, 0.717) is 0 Å². The zero-order valence-corrected chi connectivity index (χ0v) is 10.2. The molecule has 1 N–H and O–H groups in total. The summed E-state index contributed by atoms with van der Waals surface area (Å²) < 4.78 is 38.5. The van der Waals surface area contributed by atoms with Crippen LogP contribution in [0.1, 0.15) is 30.9 Å². The number of nitrogens with one attached hydrogen (secondary N) is 1. The third-order valence-corrected chi connectivity index (χ3v) is 2.78. The predicted octanol–water partition coefficient (Wildman–Crippen LogP) is 4.66. The molecule has 0 aromatic heterocycles. The molecule has 1 aromatic rings. The first-order valence-corrected chi connectivity index (χ1v) is 5.53. The van der Waals surface area contributed by atoms with Crippen molar-refractivity contribution in [3.63, 3.8) is 0 Å². The molecule has 0 saturated heterocycles. The summed E-state index contributed by atoms with van der Waals surface area (Å²) in [6, 6.07) is 5.26. The van der Waals surface area contributed by atoms with Gasteiger partial charge in [-0.05, 0) is 17.5 Å². The lowest BCUT2D eigenvalue weighted by Crippen LogP contribution is -2.19. The standard InChI is InChI=1S/C12H13ClF3N/c1-7(2)10(11(13)17)8-5-3-4-6-9(8)12(14,15)16/h3-7,10,17H,1-2H3. The molecule has 1 aromatic carbocycles. The van der Waals surface area contributed by atoms with Gasteiger partial charge in [0.1, 0.15) is 5.17 Å². The van der Waals surface area contributed by atoms with Gasteiger partial charge < -0.3 is 0 Å². The van der Waals surface area contributed by atoms with Crippen LogP contribution in [0.5, 0.6) is 0 Å². The Balaban J connectivity index is 3.34. The molecule has 0 aliphatic heterocycles. The van der Waals surface area contributed by atoms with E-state index in [1.807, 2.05) is 0 Å². The second-order valence-corrected chi connectivity index (χ2v) is 4.56. The molecule has 0 saturated carbocycles. The van der Waals surface area contributed by atoms with Crippen LogP contribution in [-0.2, 0) is 6.18 Å². The molecule has 1 unspecified atom stereocenters. The van der Waals surface area contributed by atoms with Gasteiger partial charge in [0.05, 0.1) is 5.56 Å². The third kappa shape index (κ3) is 3.22. The molecule has 5 heteroatoms. The molecule has 0 aliphatic rings. The van der Waals surface area contributed by atoms with Crippen molar-refractivity contribution >= 4 is 16.8 Å². The zero-order chi connectivity index (χ0) is 13.2. The van der Waals surface area contributed by atoms with Crippen LogP contribution >= 0.6 is 11.6 Å². The first kappa shape index (κ1) is 14.0. The fraction of sp³-hybridized carbons (Fsp3) is 0.417. The van der Waals surface area contributed by atoms with Gasteiger partial charge in [-0.3, -0.25) is 5.41 Å². The summed E-state index contributed by atoms with van der Waals surface area (Å²) >= 11 is 5.61. The molecular formula is C12H13ClF3N. The molecule has 1 atom stereocenters. The lowest BCUT2D eigenvalue weighted by atomic mass is 9.86. The number of alkyl halides is 3. The molecule has 1 nitrogen and oxygen atoms in total. The van der Waals surface area contributed by atoms with Crippen molar-refractivity contribution in [2.75, 3.05) is 0 Å². The Morgan fingerprint density at radius 2 is 1.76 bits per heavy atom. The fourth-order valence-electron chi connectivity index (χ4n) is 1.81. The monoisotopic (exact) mass is 263 g/mol. The van der Waals surface area contributed by atoms with Crippen molar-refractivity contribution < 1.29 is 13.2 Å². The van der Waals surface area contributed by atoms with Gasteiger partial charge in [0.25, 0.3) is 0 Å². The Labute approximate surface area is 103 Å². The molecule has 0 radical (unpaired) electrons. The van der Waals surface area contributed by atoms with Gasteiger partial charge in [0.2, 0.25) is 0 Å². The van der Waals surface area contributed by atoms with E-state index in [4.69, 9.17) is 17.0 Å². The molecule has 0 bridgehead atoms. The van der Waals surface area contributed by atoms with Crippen LogP contribution in [0.2, 0.25) is 0 Å². The van der Waals surface area contributed by atoms with Crippen molar-refractivity contribution in [1.29, 1.82) is 5.41 Å². The Hall–Kier alpha value is -1.03. The first-order valence-electron chi connectivity index (χ1n) is 5.15. The quantitative estimate of drug-likeness (QED) is 0.767. The average Bonchev–Trinajstić information content (AvgIpc) is 2.15. The summed E-state index contributed by atoms with van der Waals surface area (Å²) in [6.45, 7) is 3.49. The maximum absolute atomic E-state index is 12.8. The number of rotatable bonds is 3. The highest BCUT2D eigenvalue weighted by atomic mass is 35.5. The fourth-order valence-corrected chi connectivity index (χ4v) is 2.18. The van der Waals surface area contributed by atoms with Crippen molar-refractivity contribution in [3.05, 3.63) is 35.4 Å². The minimum atomic E-state index is -4.42. The Bertz CT molecular complexity index is 412. The summed E-state index contributed by atoms with van der Waals surface area (Å²) in [5, 5.41) is 7.15. The number of hydrogen-bond donors (Lipinski definition) is 1. The van der Waals surface area contributed by atoms with E-state index in [1.165, 1.54) is 18.2 Å². The average molecular weight is 264 g/mol. The van der Waals surface area contributed by atoms with E-state index in [9.17, 15) is 13.2 Å². The van der Waals surface area contributed by atoms with Gasteiger partial charge in [-0.2, -0.15) is 13.2 Å². The molecule has 0 heterocycles. The first-order chi connectivity index (χ1) is 7.75. The summed E-state index contributed by atoms with van der Waals surface area (Å²) in [6.07, 6.45) is -4.42. The van der Waals surface area contributed by atoms with Crippen molar-refractivity contribution in [3.8, 4) is 0 Å². The van der Waals surface area contributed by atoms with Crippen LogP contribution in [-0.4, -0.2) is 5.17 Å². The smallest absolute Gasteiger partial charge is 0.293 e. The van der Waals surface area contributed by atoms with E-state index < -0.39 is 17.7 Å². The van der Waals surface area contributed by atoms with Crippen molar-refractivity contribution in [1.82, 2.24) is 0 Å². The topological polar surface area (TPSA) is 23.9 Å². The number of benzene rings is 1. The normalized spacial score (nSPS) is 13.8. The molecule has 0 fully saturated rings. The van der Waals surface area contributed by atoms with Crippen molar-refractivity contribution in [2.24, 2.45) is 5.92 Å². The molecule has 0 aliphatic carbocycles. The minimum Gasteiger partial charge on any atom is -0.293 e. The van der Waals surface area contributed by atoms with Crippen LogP contribution in [0.3, 0.4) is 0 Å². The highest BCUT2D eigenvalue weighted by Gasteiger charge is 2.36. The van der Waals surface area contributed by atoms with E-state index in [0.717, 1.165) is 6.07 Å². The lowest BCUT2D eigenvalue weighted by Gasteiger charge is -2.22. The van der Waals surface area contributed by atoms with Crippen LogP contribution in [0.25, 0.3) is 0 Å². The summed E-state index contributed by atoms with van der Waals surface area (Å²) in [7, 11) is 0. The molecule has 94 valence electrons. The second-order valence-electron chi connectivity index (χ2n) is 4.15. The van der Waals surface area contributed by atoms with Crippen LogP contribution < -0.4 is 0 Å². The molecule has 0 spiro atoms. The van der Waals surface area contributed by atoms with Gasteiger partial charge in [-0.1, -0.05) is 43.6 Å². The van der Waals surface area contributed by atoms with Crippen molar-refractivity contribution in [2.45, 2.75) is 25.9 Å². The highest BCUT2D eigenvalue weighted by molar-refractivity contribution is 6.65. The SMILES string of the molecule is CC(C)C(C(=N)Cl)c1ccccc1C(F)(F)F. The summed E-state index contributed by atoms with van der Waals surface area (Å²) in [5.74, 6) is -0.877. The Morgan fingerprint density at radius 1 is 1.24 bits per heavy atom. The Kier molecular flexibility index (Phi) is 4.20. The van der Waals surface area contributed by atoms with Gasteiger partial charge in [0.15, 0.2) is 0 Å². The van der Waals surface area contributed by atoms with Crippen LogP contribution in [0, 0.1) is 11.3 Å². The van der Waals surface area contributed by atoms with E-state index in [1.54, 1.807) is 13.8 Å². The third-order valence-electron chi connectivity index (χ3n) is 2.54. The minimum absolute atomic E-state index is 0.0648. The predicted molar refractivity (Wildman–Crippen MR) is 62.6 cm³/mol. The largest absolute Gasteiger partial charge is 0.416 e. The number of halogens is 4. The molecule has 0 amide bonds. The number of hydrogen-bond acceptors (Lipinski definition) is 1. The van der Waals surface area contributed by atoms with Gasteiger partial charge in [-0.25, -0.2) is 0 Å². The van der Waals surface area contributed by atoms with E-state index >= 15 is 0 Å². The van der Waals surface area contributed by atoms with Gasteiger partial charge in [-0.15, -0.1) is 0 Å². The van der Waals surface area contributed by atoms with Crippen LogP contribution in [0.15, 0.2) is 24.3 Å². The maximum Gasteiger partial charge on any atom is 0.416 e. The van der Waals surface area contributed by atoms with E-state index in [2.05, 4.69) is 0 Å². The summed E-state index contributed by atoms with van der Waals surface area (Å²) in [5.41, 5.74) is -0.654. The van der Waals surface area contributed by atoms with E-state index in [-0.39, 0.29) is 16.7 Å². The second kappa shape index (κ2) is 5.08. The molecule has 1 rings (SSSR count). The van der Waals surface area contributed by atoms with Gasteiger partial charge in [0, 0.05) is 5.92 Å². The molecule has 17 heavy (non-hydrogen) atoms. The summed E-state index contributed by atoms with van der Waals surface area (Å²) in [4.78, 5) is 0. The Morgan fingerprint density at radius 3 is 2.18 bits per heavy atom.